The topological polar surface area (TPSA) is 0 Å². The van der Waals surface area contributed by atoms with Crippen molar-refractivity contribution in [3.63, 3.8) is 0 Å². The minimum absolute atomic E-state index is 0.139. The van der Waals surface area contributed by atoms with Gasteiger partial charge in [-0.15, -0.1) is 0 Å². The molecule has 3 unspecified atom stereocenters. The molecular formula is C12H23F. The maximum Gasteiger partial charge on any atom is 0.103 e. The maximum atomic E-state index is 13.3. The average molecular weight is 186 g/mol. The Labute approximate surface area is 82.2 Å². The Bertz CT molecular complexity index is 149. The average Bonchev–Trinajstić information content (AvgIpc) is 2.11. The predicted octanol–water partition coefficient (Wildman–Crippen LogP) is 4.22. The van der Waals surface area contributed by atoms with E-state index in [2.05, 4.69) is 32.9 Å². The first-order valence-electron chi connectivity index (χ1n) is 5.31. The van der Waals surface area contributed by atoms with Crippen LogP contribution in [-0.2, 0) is 0 Å². The van der Waals surface area contributed by atoms with Gasteiger partial charge in [0.05, 0.1) is 0 Å². The quantitative estimate of drug-likeness (QED) is 0.564. The summed E-state index contributed by atoms with van der Waals surface area (Å²) in [5, 5.41) is 0. The van der Waals surface area contributed by atoms with Crippen molar-refractivity contribution in [2.24, 2.45) is 17.8 Å². The van der Waals surface area contributed by atoms with E-state index in [0.717, 1.165) is 0 Å². The number of allylic oxidation sites excluding steroid dienone is 2. The Morgan fingerprint density at radius 3 is 2.00 bits per heavy atom. The summed E-state index contributed by atoms with van der Waals surface area (Å²) in [4.78, 5) is 0. The fourth-order valence-corrected chi connectivity index (χ4v) is 1.27. The van der Waals surface area contributed by atoms with Gasteiger partial charge in [0.1, 0.15) is 6.17 Å². The van der Waals surface area contributed by atoms with Gasteiger partial charge in [0, 0.05) is 0 Å². The van der Waals surface area contributed by atoms with Gasteiger partial charge in [-0.1, -0.05) is 46.8 Å². The molecule has 0 aliphatic heterocycles. The van der Waals surface area contributed by atoms with Crippen molar-refractivity contribution in [3.8, 4) is 0 Å². The second-order valence-corrected chi connectivity index (χ2v) is 4.27. The van der Waals surface area contributed by atoms with Crippen molar-refractivity contribution in [1.82, 2.24) is 0 Å². The highest BCUT2D eigenvalue weighted by Crippen LogP contribution is 2.21. The van der Waals surface area contributed by atoms with Gasteiger partial charge in [-0.05, 0) is 24.2 Å². The Kier molecular flexibility index (Phi) is 6.02. The Hall–Kier alpha value is -0.330. The van der Waals surface area contributed by atoms with Crippen LogP contribution in [-0.4, -0.2) is 6.17 Å². The lowest BCUT2D eigenvalue weighted by Gasteiger charge is -2.19. The Balaban J connectivity index is 4.02. The summed E-state index contributed by atoms with van der Waals surface area (Å²) >= 11 is 0. The monoisotopic (exact) mass is 186 g/mol. The third kappa shape index (κ3) is 5.07. The molecule has 0 fully saturated rings. The van der Waals surface area contributed by atoms with Crippen LogP contribution in [0.15, 0.2) is 12.2 Å². The molecule has 1 heteroatoms. The van der Waals surface area contributed by atoms with Crippen molar-refractivity contribution >= 4 is 0 Å². The molecule has 0 N–H and O–H groups in total. The predicted molar refractivity (Wildman–Crippen MR) is 57.5 cm³/mol. The van der Waals surface area contributed by atoms with E-state index in [1.54, 1.807) is 0 Å². The van der Waals surface area contributed by atoms with Gasteiger partial charge in [-0.3, -0.25) is 0 Å². The van der Waals surface area contributed by atoms with E-state index in [1.807, 2.05) is 13.8 Å². The summed E-state index contributed by atoms with van der Waals surface area (Å²) in [5.41, 5.74) is 0. The molecule has 0 saturated carbocycles. The molecule has 0 aromatic heterocycles. The van der Waals surface area contributed by atoms with Crippen molar-refractivity contribution in [1.29, 1.82) is 0 Å². The van der Waals surface area contributed by atoms with Crippen LogP contribution >= 0.6 is 0 Å². The molecule has 0 heterocycles. The zero-order valence-electron chi connectivity index (χ0n) is 9.55. The van der Waals surface area contributed by atoms with Crippen LogP contribution in [0, 0.1) is 17.8 Å². The first-order valence-corrected chi connectivity index (χ1v) is 5.31. The van der Waals surface area contributed by atoms with Gasteiger partial charge < -0.3 is 0 Å². The lowest BCUT2D eigenvalue weighted by molar-refractivity contribution is 0.202. The molecule has 0 nitrogen and oxygen atoms in total. The van der Waals surface area contributed by atoms with Crippen molar-refractivity contribution in [3.05, 3.63) is 12.2 Å². The second-order valence-electron chi connectivity index (χ2n) is 4.27. The largest absolute Gasteiger partial charge is 0.247 e. The molecule has 78 valence electrons. The minimum atomic E-state index is -0.660. The zero-order valence-corrected chi connectivity index (χ0v) is 9.55. The second kappa shape index (κ2) is 6.17. The summed E-state index contributed by atoms with van der Waals surface area (Å²) < 4.78 is 13.3. The zero-order chi connectivity index (χ0) is 10.4. The highest BCUT2D eigenvalue weighted by molar-refractivity contribution is 4.91. The summed E-state index contributed by atoms with van der Waals surface area (Å²) in [6.07, 6.45) is 4.26. The van der Waals surface area contributed by atoms with Crippen molar-refractivity contribution in [2.75, 3.05) is 0 Å². The van der Waals surface area contributed by atoms with Crippen LogP contribution in [0.4, 0.5) is 4.39 Å². The third-order valence-electron chi connectivity index (χ3n) is 2.59. The van der Waals surface area contributed by atoms with Gasteiger partial charge in [0.2, 0.25) is 0 Å². The molecule has 0 radical (unpaired) electrons. The Morgan fingerprint density at radius 2 is 1.62 bits per heavy atom. The van der Waals surface area contributed by atoms with E-state index in [1.165, 1.54) is 0 Å². The van der Waals surface area contributed by atoms with Gasteiger partial charge in [0.25, 0.3) is 0 Å². The van der Waals surface area contributed by atoms with E-state index in [9.17, 15) is 4.39 Å². The first kappa shape index (κ1) is 12.7. The molecule has 0 bridgehead atoms. The SMILES string of the molecule is CCC(F)C(C)C(C)/C=C/C(C)C. The number of hydrogen-bond acceptors (Lipinski definition) is 0. The van der Waals surface area contributed by atoms with Crippen molar-refractivity contribution in [2.45, 2.75) is 47.2 Å². The fraction of sp³-hybridized carbons (Fsp3) is 0.833. The van der Waals surface area contributed by atoms with Gasteiger partial charge >= 0.3 is 0 Å². The van der Waals surface area contributed by atoms with E-state index < -0.39 is 6.17 Å². The standard InChI is InChI=1S/C12H23F/c1-6-12(13)11(5)10(4)8-7-9(2)3/h7-12H,6H2,1-5H3/b8-7+. The normalized spacial score (nSPS) is 19.3. The lowest BCUT2D eigenvalue weighted by Crippen LogP contribution is -2.18. The molecule has 0 rings (SSSR count). The molecule has 0 saturated heterocycles. The van der Waals surface area contributed by atoms with Crippen LogP contribution in [0.3, 0.4) is 0 Å². The molecular weight excluding hydrogens is 163 g/mol. The van der Waals surface area contributed by atoms with Crippen LogP contribution in [0.2, 0.25) is 0 Å². The highest BCUT2D eigenvalue weighted by Gasteiger charge is 2.18. The molecule has 0 spiro atoms. The molecule has 3 atom stereocenters. The van der Waals surface area contributed by atoms with E-state index >= 15 is 0 Å². The smallest absolute Gasteiger partial charge is 0.103 e. The molecule has 0 aromatic rings. The van der Waals surface area contributed by atoms with Crippen LogP contribution in [0.5, 0.6) is 0 Å². The number of rotatable bonds is 5. The van der Waals surface area contributed by atoms with Crippen LogP contribution < -0.4 is 0 Å². The summed E-state index contributed by atoms with van der Waals surface area (Å²) in [6, 6.07) is 0. The minimum Gasteiger partial charge on any atom is -0.247 e. The molecule has 0 aromatic carbocycles. The first-order chi connectivity index (χ1) is 5.99. The van der Waals surface area contributed by atoms with Crippen LogP contribution in [0.1, 0.15) is 41.0 Å². The summed E-state index contributed by atoms with van der Waals surface area (Å²) in [7, 11) is 0. The summed E-state index contributed by atoms with van der Waals surface area (Å²) in [5.74, 6) is 1.05. The van der Waals surface area contributed by atoms with Gasteiger partial charge in [0.15, 0.2) is 0 Å². The van der Waals surface area contributed by atoms with Gasteiger partial charge in [-0.25, -0.2) is 4.39 Å². The molecule has 0 aliphatic rings. The Morgan fingerprint density at radius 1 is 1.08 bits per heavy atom. The lowest BCUT2D eigenvalue weighted by atomic mass is 9.89. The van der Waals surface area contributed by atoms with E-state index in [4.69, 9.17) is 0 Å². The van der Waals surface area contributed by atoms with Gasteiger partial charge in [-0.2, -0.15) is 0 Å². The molecule has 13 heavy (non-hydrogen) atoms. The summed E-state index contributed by atoms with van der Waals surface area (Å²) in [6.45, 7) is 10.3. The fourth-order valence-electron chi connectivity index (χ4n) is 1.27. The third-order valence-corrected chi connectivity index (χ3v) is 2.59. The van der Waals surface area contributed by atoms with E-state index in [0.29, 0.717) is 18.3 Å². The van der Waals surface area contributed by atoms with Crippen molar-refractivity contribution < 1.29 is 4.39 Å². The maximum absolute atomic E-state index is 13.3. The number of halogens is 1. The van der Waals surface area contributed by atoms with Crippen LogP contribution in [0.25, 0.3) is 0 Å². The number of alkyl halides is 1. The van der Waals surface area contributed by atoms with E-state index in [-0.39, 0.29) is 5.92 Å². The molecule has 0 aliphatic carbocycles. The number of hydrogen-bond donors (Lipinski definition) is 0. The molecule has 0 amide bonds. The highest BCUT2D eigenvalue weighted by atomic mass is 19.1.